The molecule has 1 rings (SSSR count). The third-order valence-electron chi connectivity index (χ3n) is 2.26. The van der Waals surface area contributed by atoms with Crippen molar-refractivity contribution in [2.24, 2.45) is 0 Å². The van der Waals surface area contributed by atoms with E-state index in [0.29, 0.717) is 0 Å². The van der Waals surface area contributed by atoms with E-state index in [2.05, 4.69) is 6.92 Å². The summed E-state index contributed by atoms with van der Waals surface area (Å²) >= 11 is 0. The molecule has 0 aromatic heterocycles. The van der Waals surface area contributed by atoms with Crippen molar-refractivity contribution in [3.63, 3.8) is 0 Å². The molecule has 1 aromatic rings. The zero-order valence-corrected chi connectivity index (χ0v) is 9.29. The van der Waals surface area contributed by atoms with Gasteiger partial charge in [-0.05, 0) is 24.1 Å². The van der Waals surface area contributed by atoms with E-state index in [1.54, 1.807) is 13.2 Å². The van der Waals surface area contributed by atoms with Gasteiger partial charge in [0, 0.05) is 11.8 Å². The number of benzene rings is 1. The van der Waals surface area contributed by atoms with Crippen LogP contribution in [0, 0.1) is 5.41 Å². The number of hydrogen-bond donors (Lipinski definition) is 1. The molecule has 0 bridgehead atoms. The summed E-state index contributed by atoms with van der Waals surface area (Å²) in [6, 6.07) is 6.00. The number of nitrogens with one attached hydrogen (secondary N) is 1. The minimum Gasteiger partial charge on any atom is -0.496 e. The summed E-state index contributed by atoms with van der Waals surface area (Å²) in [6.07, 6.45) is 7.05. The third kappa shape index (κ3) is 2.94. The topological polar surface area (TPSA) is 33.1 Å². The predicted molar refractivity (Wildman–Crippen MR) is 64.8 cm³/mol. The quantitative estimate of drug-likeness (QED) is 0.732. The van der Waals surface area contributed by atoms with Gasteiger partial charge in [-0.3, -0.25) is 0 Å². The fourth-order valence-electron chi connectivity index (χ4n) is 1.60. The molecule has 80 valence electrons. The van der Waals surface area contributed by atoms with Crippen LogP contribution in [-0.4, -0.2) is 13.3 Å². The average molecular weight is 203 g/mol. The minimum absolute atomic E-state index is 0.934. The summed E-state index contributed by atoms with van der Waals surface area (Å²) in [6.45, 7) is 2.15. The van der Waals surface area contributed by atoms with Crippen molar-refractivity contribution < 1.29 is 4.74 Å². The lowest BCUT2D eigenvalue weighted by atomic mass is 10.0. The second-order valence-corrected chi connectivity index (χ2v) is 3.30. The number of ether oxygens (including phenoxy) is 1. The summed E-state index contributed by atoms with van der Waals surface area (Å²) in [4.78, 5) is 0. The highest BCUT2D eigenvalue weighted by molar-refractivity contribution is 5.77. The van der Waals surface area contributed by atoms with Crippen LogP contribution in [0.15, 0.2) is 24.3 Å². The van der Waals surface area contributed by atoms with E-state index < -0.39 is 0 Å². The van der Waals surface area contributed by atoms with E-state index >= 15 is 0 Å². The number of hydrogen-bond acceptors (Lipinski definition) is 2. The van der Waals surface area contributed by atoms with E-state index in [1.165, 1.54) is 11.8 Å². The standard InChI is InChI=1S/C13H17NO/c1-3-6-12-11(8-5-10-14)7-4-9-13(12)15-2/h4-5,7-10,14H,3,6H2,1-2H3/b8-5-,14-10?. The molecule has 0 aliphatic carbocycles. The summed E-state index contributed by atoms with van der Waals surface area (Å²) in [7, 11) is 1.69. The lowest BCUT2D eigenvalue weighted by Crippen LogP contribution is -1.94. The molecule has 0 fully saturated rings. The van der Waals surface area contributed by atoms with Crippen LogP contribution < -0.4 is 4.74 Å². The Kier molecular flexibility index (Phi) is 4.61. The zero-order chi connectivity index (χ0) is 11.1. The maximum atomic E-state index is 6.98. The van der Waals surface area contributed by atoms with Gasteiger partial charge in [0.1, 0.15) is 5.75 Å². The molecule has 0 saturated heterocycles. The fraction of sp³-hybridized carbons (Fsp3) is 0.308. The van der Waals surface area contributed by atoms with Gasteiger partial charge in [0.2, 0.25) is 0 Å². The van der Waals surface area contributed by atoms with Crippen LogP contribution in [0.5, 0.6) is 5.75 Å². The van der Waals surface area contributed by atoms with E-state index in [9.17, 15) is 0 Å². The van der Waals surface area contributed by atoms with Crippen molar-refractivity contribution in [3.8, 4) is 5.75 Å². The molecule has 2 nitrogen and oxygen atoms in total. The number of rotatable bonds is 5. The smallest absolute Gasteiger partial charge is 0.122 e. The molecule has 1 aromatic carbocycles. The summed E-state index contributed by atoms with van der Waals surface area (Å²) in [5, 5.41) is 6.98. The minimum atomic E-state index is 0.934. The lowest BCUT2D eigenvalue weighted by molar-refractivity contribution is 0.409. The Balaban J connectivity index is 3.11. The van der Waals surface area contributed by atoms with Crippen molar-refractivity contribution in [2.75, 3.05) is 7.11 Å². The van der Waals surface area contributed by atoms with E-state index in [-0.39, 0.29) is 0 Å². The Labute approximate surface area is 91.1 Å². The fourth-order valence-corrected chi connectivity index (χ4v) is 1.60. The molecule has 0 unspecified atom stereocenters. The molecular formula is C13H17NO. The Hall–Kier alpha value is -1.57. The molecular weight excluding hydrogens is 186 g/mol. The SMILES string of the molecule is CCCc1c(/C=C\C=N)cccc1OC. The van der Waals surface area contributed by atoms with Gasteiger partial charge in [-0.2, -0.15) is 0 Å². The molecule has 0 aliphatic heterocycles. The van der Waals surface area contributed by atoms with Gasteiger partial charge in [-0.1, -0.05) is 31.6 Å². The maximum Gasteiger partial charge on any atom is 0.122 e. The molecule has 0 saturated carbocycles. The van der Waals surface area contributed by atoms with Crippen LogP contribution >= 0.6 is 0 Å². The van der Waals surface area contributed by atoms with Gasteiger partial charge in [0.05, 0.1) is 7.11 Å². The first-order valence-electron chi connectivity index (χ1n) is 5.16. The van der Waals surface area contributed by atoms with Crippen molar-refractivity contribution in [2.45, 2.75) is 19.8 Å². The average Bonchev–Trinajstić information content (AvgIpc) is 2.28. The summed E-state index contributed by atoms with van der Waals surface area (Å²) < 4.78 is 5.33. The van der Waals surface area contributed by atoms with Crippen molar-refractivity contribution >= 4 is 12.3 Å². The first-order valence-corrected chi connectivity index (χ1v) is 5.16. The second-order valence-electron chi connectivity index (χ2n) is 3.30. The molecule has 0 atom stereocenters. The monoisotopic (exact) mass is 203 g/mol. The van der Waals surface area contributed by atoms with Crippen molar-refractivity contribution in [1.82, 2.24) is 0 Å². The Morgan fingerprint density at radius 1 is 1.40 bits per heavy atom. The van der Waals surface area contributed by atoms with Gasteiger partial charge in [0.25, 0.3) is 0 Å². The van der Waals surface area contributed by atoms with Crippen molar-refractivity contribution in [3.05, 3.63) is 35.4 Å². The Morgan fingerprint density at radius 2 is 2.20 bits per heavy atom. The van der Waals surface area contributed by atoms with Crippen LogP contribution in [0.25, 0.3) is 6.08 Å². The second kappa shape index (κ2) is 6.02. The number of methoxy groups -OCH3 is 1. The first-order chi connectivity index (χ1) is 7.33. The highest BCUT2D eigenvalue weighted by Crippen LogP contribution is 2.24. The third-order valence-corrected chi connectivity index (χ3v) is 2.26. The maximum absolute atomic E-state index is 6.98. The van der Waals surface area contributed by atoms with E-state index in [0.717, 1.165) is 24.2 Å². The van der Waals surface area contributed by atoms with E-state index in [1.807, 2.05) is 24.3 Å². The molecule has 2 heteroatoms. The molecule has 0 spiro atoms. The normalized spacial score (nSPS) is 10.5. The lowest BCUT2D eigenvalue weighted by Gasteiger charge is -2.10. The van der Waals surface area contributed by atoms with Crippen molar-refractivity contribution in [1.29, 1.82) is 5.41 Å². The summed E-state index contributed by atoms with van der Waals surface area (Å²) in [5.74, 6) is 0.934. The summed E-state index contributed by atoms with van der Waals surface area (Å²) in [5.41, 5.74) is 2.36. The molecule has 0 amide bonds. The van der Waals surface area contributed by atoms with Gasteiger partial charge >= 0.3 is 0 Å². The first kappa shape index (κ1) is 11.5. The van der Waals surface area contributed by atoms with E-state index in [4.69, 9.17) is 10.1 Å². The highest BCUT2D eigenvalue weighted by atomic mass is 16.5. The molecule has 0 heterocycles. The van der Waals surface area contributed by atoms with Crippen LogP contribution in [0.4, 0.5) is 0 Å². The molecule has 0 aliphatic rings. The zero-order valence-electron chi connectivity index (χ0n) is 9.29. The molecule has 0 radical (unpaired) electrons. The van der Waals surface area contributed by atoms with Crippen LogP contribution in [0.2, 0.25) is 0 Å². The Morgan fingerprint density at radius 3 is 2.80 bits per heavy atom. The Bertz CT molecular complexity index is 356. The van der Waals surface area contributed by atoms with Crippen LogP contribution in [0.3, 0.4) is 0 Å². The molecule has 15 heavy (non-hydrogen) atoms. The van der Waals surface area contributed by atoms with Gasteiger partial charge in [0.15, 0.2) is 0 Å². The van der Waals surface area contributed by atoms with Crippen LogP contribution in [0.1, 0.15) is 24.5 Å². The molecule has 1 N–H and O–H groups in total. The number of allylic oxidation sites excluding steroid dienone is 1. The van der Waals surface area contributed by atoms with Gasteiger partial charge in [-0.25, -0.2) is 0 Å². The van der Waals surface area contributed by atoms with Gasteiger partial charge in [-0.15, -0.1) is 0 Å². The predicted octanol–water partition coefficient (Wildman–Crippen LogP) is 3.31. The van der Waals surface area contributed by atoms with Crippen LogP contribution in [-0.2, 0) is 6.42 Å². The highest BCUT2D eigenvalue weighted by Gasteiger charge is 2.05. The largest absolute Gasteiger partial charge is 0.496 e. The van der Waals surface area contributed by atoms with Gasteiger partial charge < -0.3 is 10.1 Å².